The van der Waals surface area contributed by atoms with Gasteiger partial charge in [0.25, 0.3) is 0 Å². The SMILES string of the molecule is COC(=O)C(C(=O)OC)[C@@H](C)[C@H](NC(=O)Cc1ccc(C(F)(F)F)cc1)C(=O)OC. The molecule has 0 bridgehead atoms. The van der Waals surface area contributed by atoms with E-state index >= 15 is 0 Å². The predicted octanol–water partition coefficient (Wildman–Crippen LogP) is 1.50. The Balaban J connectivity index is 3.01. The van der Waals surface area contributed by atoms with E-state index in [1.54, 1.807) is 0 Å². The molecule has 1 N–H and O–H groups in total. The minimum Gasteiger partial charge on any atom is -0.468 e. The molecule has 2 atom stereocenters. The maximum Gasteiger partial charge on any atom is 0.416 e. The molecule has 1 aromatic carbocycles. The third-order valence-corrected chi connectivity index (χ3v) is 4.38. The minimum atomic E-state index is -4.51. The van der Waals surface area contributed by atoms with Gasteiger partial charge in [0, 0.05) is 5.92 Å². The number of esters is 3. The molecule has 0 saturated heterocycles. The van der Waals surface area contributed by atoms with Gasteiger partial charge in [0.15, 0.2) is 5.92 Å². The van der Waals surface area contributed by atoms with Gasteiger partial charge in [-0.3, -0.25) is 14.4 Å². The van der Waals surface area contributed by atoms with Crippen LogP contribution in [-0.2, 0) is 46.0 Å². The first kappa shape index (κ1) is 24.9. The van der Waals surface area contributed by atoms with Gasteiger partial charge in [0.05, 0.1) is 33.3 Å². The summed E-state index contributed by atoms with van der Waals surface area (Å²) in [5, 5.41) is 2.35. The molecule has 0 aliphatic heterocycles. The fraction of sp³-hybridized carbons (Fsp3) is 0.474. The summed E-state index contributed by atoms with van der Waals surface area (Å²) in [6, 6.07) is 2.50. The van der Waals surface area contributed by atoms with Crippen LogP contribution in [0.1, 0.15) is 18.1 Å². The number of amides is 1. The first-order valence-electron chi connectivity index (χ1n) is 8.65. The Morgan fingerprint density at radius 3 is 1.77 bits per heavy atom. The monoisotopic (exact) mass is 433 g/mol. The van der Waals surface area contributed by atoms with Crippen LogP contribution in [0.2, 0.25) is 0 Å². The molecule has 30 heavy (non-hydrogen) atoms. The summed E-state index contributed by atoms with van der Waals surface area (Å²) in [6.45, 7) is 1.35. The highest BCUT2D eigenvalue weighted by Gasteiger charge is 2.42. The lowest BCUT2D eigenvalue weighted by Gasteiger charge is -2.27. The summed E-state index contributed by atoms with van der Waals surface area (Å²) in [5.41, 5.74) is -0.610. The van der Waals surface area contributed by atoms with Gasteiger partial charge < -0.3 is 19.5 Å². The molecular weight excluding hydrogens is 411 g/mol. The number of nitrogens with one attached hydrogen (secondary N) is 1. The Labute approximate surface area is 170 Å². The first-order valence-corrected chi connectivity index (χ1v) is 8.65. The van der Waals surface area contributed by atoms with E-state index in [0.717, 1.165) is 45.6 Å². The number of hydrogen-bond donors (Lipinski definition) is 1. The van der Waals surface area contributed by atoms with Crippen LogP contribution in [0.4, 0.5) is 13.2 Å². The van der Waals surface area contributed by atoms with E-state index < -0.39 is 53.4 Å². The van der Waals surface area contributed by atoms with E-state index in [1.165, 1.54) is 6.92 Å². The molecule has 11 heteroatoms. The predicted molar refractivity (Wildman–Crippen MR) is 95.8 cm³/mol. The summed E-state index contributed by atoms with van der Waals surface area (Å²) in [7, 11) is 3.14. The summed E-state index contributed by atoms with van der Waals surface area (Å²) in [4.78, 5) is 48.5. The van der Waals surface area contributed by atoms with Gasteiger partial charge in [-0.2, -0.15) is 13.2 Å². The molecule has 0 spiro atoms. The Bertz CT molecular complexity index is 761. The number of rotatable bonds is 8. The summed E-state index contributed by atoms with van der Waals surface area (Å²) in [6.07, 6.45) is -4.86. The van der Waals surface area contributed by atoms with Crippen molar-refractivity contribution in [2.45, 2.75) is 25.6 Å². The number of ether oxygens (including phenoxy) is 3. The molecule has 1 rings (SSSR count). The number of benzene rings is 1. The van der Waals surface area contributed by atoms with Crippen LogP contribution in [0.25, 0.3) is 0 Å². The second-order valence-corrected chi connectivity index (χ2v) is 6.32. The van der Waals surface area contributed by atoms with Gasteiger partial charge >= 0.3 is 24.1 Å². The molecule has 0 saturated carbocycles. The number of alkyl halides is 3. The van der Waals surface area contributed by atoms with Gasteiger partial charge in [0.2, 0.25) is 5.91 Å². The highest BCUT2D eigenvalue weighted by Crippen LogP contribution is 2.29. The van der Waals surface area contributed by atoms with E-state index in [0.29, 0.717) is 0 Å². The molecule has 0 aliphatic carbocycles. The Hall–Kier alpha value is -3.11. The highest BCUT2D eigenvalue weighted by atomic mass is 19.4. The van der Waals surface area contributed by atoms with E-state index in [1.807, 2.05) is 0 Å². The second-order valence-electron chi connectivity index (χ2n) is 6.32. The van der Waals surface area contributed by atoms with Crippen LogP contribution in [-0.4, -0.2) is 51.2 Å². The summed E-state index contributed by atoms with van der Waals surface area (Å²) >= 11 is 0. The van der Waals surface area contributed by atoms with Crippen LogP contribution in [0.15, 0.2) is 24.3 Å². The molecule has 0 aliphatic rings. The van der Waals surface area contributed by atoms with Crippen molar-refractivity contribution in [1.82, 2.24) is 5.32 Å². The quantitative estimate of drug-likeness (QED) is 0.376. The smallest absolute Gasteiger partial charge is 0.416 e. The molecule has 0 aromatic heterocycles. The maximum absolute atomic E-state index is 12.6. The molecule has 0 fully saturated rings. The van der Waals surface area contributed by atoms with Crippen molar-refractivity contribution in [2.24, 2.45) is 11.8 Å². The van der Waals surface area contributed by atoms with E-state index in [4.69, 9.17) is 0 Å². The van der Waals surface area contributed by atoms with Crippen LogP contribution >= 0.6 is 0 Å². The van der Waals surface area contributed by atoms with Crippen molar-refractivity contribution < 1.29 is 46.6 Å². The topological polar surface area (TPSA) is 108 Å². The average Bonchev–Trinajstić information content (AvgIpc) is 2.70. The molecule has 1 amide bonds. The lowest BCUT2D eigenvalue weighted by atomic mass is 9.87. The van der Waals surface area contributed by atoms with Crippen LogP contribution < -0.4 is 5.32 Å². The second kappa shape index (κ2) is 10.6. The molecular formula is C19H22F3NO7. The number of methoxy groups -OCH3 is 3. The first-order chi connectivity index (χ1) is 14.0. The summed E-state index contributed by atoms with van der Waals surface area (Å²) < 4.78 is 51.6. The third kappa shape index (κ3) is 6.46. The molecule has 0 radical (unpaired) electrons. The zero-order valence-electron chi connectivity index (χ0n) is 16.7. The van der Waals surface area contributed by atoms with Crippen molar-refractivity contribution in [3.63, 3.8) is 0 Å². The van der Waals surface area contributed by atoms with Gasteiger partial charge in [-0.1, -0.05) is 19.1 Å². The lowest BCUT2D eigenvalue weighted by molar-refractivity contribution is -0.163. The number of halogens is 3. The molecule has 0 heterocycles. The highest BCUT2D eigenvalue weighted by molar-refractivity contribution is 5.96. The van der Waals surface area contributed by atoms with Crippen molar-refractivity contribution in [3.05, 3.63) is 35.4 Å². The van der Waals surface area contributed by atoms with Crippen molar-refractivity contribution >= 4 is 23.8 Å². The minimum absolute atomic E-state index is 0.259. The van der Waals surface area contributed by atoms with Gasteiger partial charge in [-0.05, 0) is 17.7 Å². The molecule has 1 aromatic rings. The molecule has 0 unspecified atom stereocenters. The van der Waals surface area contributed by atoms with E-state index in [9.17, 15) is 32.3 Å². The zero-order chi connectivity index (χ0) is 23.1. The van der Waals surface area contributed by atoms with Crippen LogP contribution in [0, 0.1) is 11.8 Å². The van der Waals surface area contributed by atoms with Gasteiger partial charge in [-0.15, -0.1) is 0 Å². The maximum atomic E-state index is 12.6. The van der Waals surface area contributed by atoms with Crippen molar-refractivity contribution in [2.75, 3.05) is 21.3 Å². The van der Waals surface area contributed by atoms with Crippen molar-refractivity contribution in [3.8, 4) is 0 Å². The normalized spacial score (nSPS) is 13.2. The van der Waals surface area contributed by atoms with E-state index in [-0.39, 0.29) is 12.0 Å². The Morgan fingerprint density at radius 1 is 0.900 bits per heavy atom. The summed E-state index contributed by atoms with van der Waals surface area (Å²) in [5.74, 6) is -6.23. The Morgan fingerprint density at radius 2 is 1.37 bits per heavy atom. The largest absolute Gasteiger partial charge is 0.468 e. The third-order valence-electron chi connectivity index (χ3n) is 4.38. The fourth-order valence-electron chi connectivity index (χ4n) is 2.73. The number of carbonyl (C=O) groups is 4. The lowest BCUT2D eigenvalue weighted by Crippen LogP contribution is -2.51. The van der Waals surface area contributed by atoms with Crippen molar-refractivity contribution in [1.29, 1.82) is 0 Å². The number of hydrogen-bond acceptors (Lipinski definition) is 7. The average molecular weight is 433 g/mol. The number of carbonyl (C=O) groups excluding carboxylic acids is 4. The molecule has 8 nitrogen and oxygen atoms in total. The van der Waals surface area contributed by atoms with E-state index in [2.05, 4.69) is 19.5 Å². The van der Waals surface area contributed by atoms with Gasteiger partial charge in [-0.25, -0.2) is 4.79 Å². The molecule has 166 valence electrons. The van der Waals surface area contributed by atoms with Crippen LogP contribution in [0.5, 0.6) is 0 Å². The zero-order valence-corrected chi connectivity index (χ0v) is 16.7. The standard InChI is InChI=1S/C19H22F3NO7/c1-10(14(16(25)28-2)17(26)29-3)15(18(27)30-4)23-13(24)9-11-5-7-12(8-6-11)19(20,21)22/h5-8,10,14-15H,9H2,1-4H3,(H,23,24)/t10-,15+/m1/s1. The van der Waals surface area contributed by atoms with Crippen LogP contribution in [0.3, 0.4) is 0 Å². The Kier molecular flexibility index (Phi) is 8.81. The van der Waals surface area contributed by atoms with Gasteiger partial charge in [0.1, 0.15) is 6.04 Å². The fourth-order valence-corrected chi connectivity index (χ4v) is 2.73.